The summed E-state index contributed by atoms with van der Waals surface area (Å²) in [4.78, 5) is 29.9. The van der Waals surface area contributed by atoms with E-state index < -0.39 is 17.7 Å². The van der Waals surface area contributed by atoms with Gasteiger partial charge in [-0.05, 0) is 55.0 Å². The molecule has 3 aromatic rings. The average Bonchev–Trinajstić information content (AvgIpc) is 3.09. The predicted molar refractivity (Wildman–Crippen MR) is 135 cm³/mol. The van der Waals surface area contributed by atoms with Crippen LogP contribution in [-0.2, 0) is 9.59 Å². The number of nitrogens with zero attached hydrogens (tertiary/aromatic N) is 2. The van der Waals surface area contributed by atoms with E-state index >= 15 is 0 Å². The molecule has 0 spiro atoms. The van der Waals surface area contributed by atoms with Crippen molar-refractivity contribution in [3.8, 4) is 5.75 Å². The van der Waals surface area contributed by atoms with Gasteiger partial charge < -0.3 is 14.7 Å². The third-order valence-corrected chi connectivity index (χ3v) is 6.20. The molecule has 0 aromatic heterocycles. The van der Waals surface area contributed by atoms with Crippen molar-refractivity contribution in [2.75, 3.05) is 31.0 Å². The number of amides is 1. The number of Topliss-reactive ketones (excluding diaryl/α,β-unsaturated/α-hetero) is 1. The van der Waals surface area contributed by atoms with E-state index in [0.29, 0.717) is 22.6 Å². The molecule has 6 nitrogen and oxygen atoms in total. The van der Waals surface area contributed by atoms with Gasteiger partial charge in [0.1, 0.15) is 11.5 Å². The summed E-state index contributed by atoms with van der Waals surface area (Å²) in [6.45, 7) is 1.95. The number of carbonyl (C=O) groups excluding carboxylic acids is 2. The van der Waals surface area contributed by atoms with Gasteiger partial charge in [-0.15, -0.1) is 0 Å². The van der Waals surface area contributed by atoms with Gasteiger partial charge in [-0.2, -0.15) is 0 Å². The molecule has 0 radical (unpaired) electrons. The second kappa shape index (κ2) is 9.23. The SMILES string of the molecule is COc1ccc(/C(O)=C2/C(=O)C(=O)N(c3ccc(C)cc3)C2c2ccc(N(C)C)cc2)cc1Cl. The molecule has 1 aliphatic rings. The van der Waals surface area contributed by atoms with E-state index in [4.69, 9.17) is 16.3 Å². The van der Waals surface area contributed by atoms with E-state index in [2.05, 4.69) is 0 Å². The Kier molecular flexibility index (Phi) is 6.35. The van der Waals surface area contributed by atoms with Crippen molar-refractivity contribution in [1.82, 2.24) is 0 Å². The van der Waals surface area contributed by atoms with Crippen molar-refractivity contribution in [3.63, 3.8) is 0 Å². The molecule has 1 unspecified atom stereocenters. The molecule has 1 aliphatic heterocycles. The Morgan fingerprint density at radius 1 is 1.00 bits per heavy atom. The minimum Gasteiger partial charge on any atom is -0.507 e. The zero-order valence-electron chi connectivity index (χ0n) is 19.4. The molecule has 0 aliphatic carbocycles. The van der Waals surface area contributed by atoms with Crippen molar-refractivity contribution in [1.29, 1.82) is 0 Å². The first-order valence-electron chi connectivity index (χ1n) is 10.7. The highest BCUT2D eigenvalue weighted by Crippen LogP contribution is 2.43. The standard InChI is InChI=1S/C27H25ClN2O4/c1-16-5-10-20(11-6-16)30-24(17-7-12-19(13-8-17)29(2)3)23(26(32)27(30)33)25(31)18-9-14-22(34-4)21(28)15-18/h5-15,24,31H,1-4H3/b25-23-. The number of rotatable bonds is 5. The molecular weight excluding hydrogens is 452 g/mol. The molecular formula is C27H25ClN2O4. The van der Waals surface area contributed by atoms with Crippen LogP contribution < -0.4 is 14.5 Å². The van der Waals surface area contributed by atoms with Crippen LogP contribution >= 0.6 is 11.6 Å². The third kappa shape index (κ3) is 4.13. The number of aryl methyl sites for hydroxylation is 1. The highest BCUT2D eigenvalue weighted by Gasteiger charge is 2.47. The Labute approximate surface area is 203 Å². The minimum atomic E-state index is -0.806. The summed E-state index contributed by atoms with van der Waals surface area (Å²) in [7, 11) is 5.35. The highest BCUT2D eigenvalue weighted by molar-refractivity contribution is 6.51. The number of halogens is 1. The van der Waals surface area contributed by atoms with Gasteiger partial charge in [0.05, 0.1) is 23.7 Å². The summed E-state index contributed by atoms with van der Waals surface area (Å²) >= 11 is 6.26. The maximum Gasteiger partial charge on any atom is 0.300 e. The van der Waals surface area contributed by atoms with Crippen molar-refractivity contribution < 1.29 is 19.4 Å². The zero-order chi connectivity index (χ0) is 24.6. The van der Waals surface area contributed by atoms with Crippen molar-refractivity contribution >= 4 is 40.4 Å². The summed E-state index contributed by atoms with van der Waals surface area (Å²) in [5.74, 6) is -1.31. The Balaban J connectivity index is 1.92. The smallest absolute Gasteiger partial charge is 0.300 e. The number of ketones is 1. The van der Waals surface area contributed by atoms with Crippen molar-refractivity contribution in [3.05, 3.63) is 94.0 Å². The quantitative estimate of drug-likeness (QED) is 0.305. The lowest BCUT2D eigenvalue weighted by Gasteiger charge is -2.26. The van der Waals surface area contributed by atoms with Crippen LogP contribution in [0.3, 0.4) is 0 Å². The second-order valence-corrected chi connectivity index (χ2v) is 8.75. The summed E-state index contributed by atoms with van der Waals surface area (Å²) in [6, 6.07) is 18.8. The van der Waals surface area contributed by atoms with E-state index in [0.717, 1.165) is 11.3 Å². The molecule has 4 rings (SSSR count). The van der Waals surface area contributed by atoms with Gasteiger partial charge in [0.2, 0.25) is 0 Å². The fourth-order valence-electron chi connectivity index (χ4n) is 4.04. The molecule has 1 fully saturated rings. The Hall–Kier alpha value is -3.77. The maximum absolute atomic E-state index is 13.3. The van der Waals surface area contributed by atoms with Gasteiger partial charge in [-0.25, -0.2) is 0 Å². The number of hydrogen-bond donors (Lipinski definition) is 1. The maximum atomic E-state index is 13.3. The highest BCUT2D eigenvalue weighted by atomic mass is 35.5. The molecule has 3 aromatic carbocycles. The number of hydrogen-bond acceptors (Lipinski definition) is 5. The molecule has 1 atom stereocenters. The van der Waals surface area contributed by atoms with Crippen molar-refractivity contribution in [2.24, 2.45) is 0 Å². The van der Waals surface area contributed by atoms with Crippen LogP contribution in [0.5, 0.6) is 5.75 Å². The van der Waals surface area contributed by atoms with E-state index in [1.54, 1.807) is 24.3 Å². The number of ether oxygens (including phenoxy) is 1. The molecule has 174 valence electrons. The first-order chi connectivity index (χ1) is 16.2. The van der Waals surface area contributed by atoms with Crippen LogP contribution in [0.25, 0.3) is 5.76 Å². The van der Waals surface area contributed by atoms with Gasteiger partial charge in [-0.3, -0.25) is 14.5 Å². The van der Waals surface area contributed by atoms with E-state index in [1.807, 2.05) is 62.3 Å². The summed E-state index contributed by atoms with van der Waals surface area (Å²) < 4.78 is 5.19. The molecule has 34 heavy (non-hydrogen) atoms. The monoisotopic (exact) mass is 476 g/mol. The van der Waals surface area contributed by atoms with Gasteiger partial charge in [0.25, 0.3) is 11.7 Å². The number of aliphatic hydroxyl groups excluding tert-OH is 1. The van der Waals surface area contributed by atoms with Gasteiger partial charge in [0.15, 0.2) is 0 Å². The number of carbonyl (C=O) groups is 2. The average molecular weight is 477 g/mol. The van der Waals surface area contributed by atoms with E-state index in [9.17, 15) is 14.7 Å². The summed E-state index contributed by atoms with van der Waals surface area (Å²) in [5.41, 5.74) is 3.60. The Morgan fingerprint density at radius 2 is 1.65 bits per heavy atom. The Bertz CT molecular complexity index is 1280. The number of benzene rings is 3. The lowest BCUT2D eigenvalue weighted by molar-refractivity contribution is -0.132. The van der Waals surface area contributed by atoms with Gasteiger partial charge in [-0.1, -0.05) is 41.4 Å². The van der Waals surface area contributed by atoms with E-state index in [-0.39, 0.29) is 16.4 Å². The summed E-state index contributed by atoms with van der Waals surface area (Å²) in [5, 5.41) is 11.5. The number of methoxy groups -OCH3 is 1. The molecule has 0 saturated carbocycles. The molecule has 0 bridgehead atoms. The summed E-state index contributed by atoms with van der Waals surface area (Å²) in [6.07, 6.45) is 0. The largest absolute Gasteiger partial charge is 0.507 e. The first kappa shape index (κ1) is 23.4. The number of anilines is 2. The molecule has 7 heteroatoms. The lowest BCUT2D eigenvalue weighted by atomic mass is 9.94. The molecule has 1 N–H and O–H groups in total. The topological polar surface area (TPSA) is 70.1 Å². The predicted octanol–water partition coefficient (Wildman–Crippen LogP) is 5.35. The second-order valence-electron chi connectivity index (χ2n) is 8.34. The fraction of sp³-hybridized carbons (Fsp3) is 0.185. The fourth-order valence-corrected chi connectivity index (χ4v) is 4.30. The van der Waals surface area contributed by atoms with Crippen molar-refractivity contribution in [2.45, 2.75) is 13.0 Å². The van der Waals surface area contributed by atoms with E-state index in [1.165, 1.54) is 18.1 Å². The van der Waals surface area contributed by atoms with Crippen LogP contribution in [-0.4, -0.2) is 38.0 Å². The number of aliphatic hydroxyl groups is 1. The zero-order valence-corrected chi connectivity index (χ0v) is 20.1. The molecule has 1 saturated heterocycles. The lowest BCUT2D eigenvalue weighted by Crippen LogP contribution is -2.29. The molecule has 1 heterocycles. The Morgan fingerprint density at radius 3 is 2.21 bits per heavy atom. The molecule has 1 amide bonds. The van der Waals surface area contributed by atoms with Gasteiger partial charge >= 0.3 is 0 Å². The third-order valence-electron chi connectivity index (χ3n) is 5.91. The van der Waals surface area contributed by atoms with Gasteiger partial charge in [0, 0.05) is 31.0 Å². The minimum absolute atomic E-state index is 0.00408. The van der Waals surface area contributed by atoms with Crippen LogP contribution in [0, 0.1) is 6.92 Å². The van der Waals surface area contributed by atoms with Crippen LogP contribution in [0.2, 0.25) is 5.02 Å². The first-order valence-corrected chi connectivity index (χ1v) is 11.1. The van der Waals surface area contributed by atoms with Crippen LogP contribution in [0.1, 0.15) is 22.7 Å². The van der Waals surface area contributed by atoms with Crippen LogP contribution in [0.15, 0.2) is 72.3 Å². The van der Waals surface area contributed by atoms with Crippen LogP contribution in [0.4, 0.5) is 11.4 Å². The normalized spacial score (nSPS) is 17.2.